The summed E-state index contributed by atoms with van der Waals surface area (Å²) in [7, 11) is -4.94. The third kappa shape index (κ3) is 3.87. The van der Waals surface area contributed by atoms with Crippen LogP contribution in [0.15, 0.2) is 24.3 Å². The molecule has 0 radical (unpaired) electrons. The maximum Gasteiger partial charge on any atom is 0.488 e. The Morgan fingerprint density at radius 1 is 1.27 bits per heavy atom. The van der Waals surface area contributed by atoms with Crippen LogP contribution in [0.25, 0.3) is 0 Å². The number of halogens is 1. The standard InChI is InChI=1S/C10H13FO3S/c1-10(2,3)8-5-4-6-9(7-8)14-15(11,12)13/h4-7H,1-3H3. The van der Waals surface area contributed by atoms with Crippen molar-refractivity contribution in [1.82, 2.24) is 0 Å². The molecule has 5 heteroatoms. The Balaban J connectivity index is 3.04. The van der Waals surface area contributed by atoms with E-state index in [1.54, 1.807) is 6.07 Å². The molecule has 84 valence electrons. The Kier molecular flexibility index (Phi) is 3.04. The van der Waals surface area contributed by atoms with E-state index in [1.165, 1.54) is 12.1 Å². The molecule has 0 saturated carbocycles. The van der Waals surface area contributed by atoms with Gasteiger partial charge in [0.15, 0.2) is 0 Å². The molecule has 0 unspecified atom stereocenters. The first-order valence-electron chi connectivity index (χ1n) is 4.43. The minimum Gasteiger partial charge on any atom is -0.358 e. The van der Waals surface area contributed by atoms with Crippen LogP contribution in [0.4, 0.5) is 3.89 Å². The fourth-order valence-electron chi connectivity index (χ4n) is 1.13. The molecule has 0 amide bonds. The molecule has 0 spiro atoms. The van der Waals surface area contributed by atoms with Crippen molar-refractivity contribution in [2.45, 2.75) is 26.2 Å². The second kappa shape index (κ2) is 3.81. The van der Waals surface area contributed by atoms with Gasteiger partial charge in [0.1, 0.15) is 5.75 Å². The highest BCUT2D eigenvalue weighted by atomic mass is 32.3. The van der Waals surface area contributed by atoms with E-state index < -0.39 is 10.5 Å². The molecule has 1 aromatic rings. The highest BCUT2D eigenvalue weighted by molar-refractivity contribution is 7.81. The van der Waals surface area contributed by atoms with E-state index in [2.05, 4.69) is 4.18 Å². The topological polar surface area (TPSA) is 43.4 Å². The van der Waals surface area contributed by atoms with E-state index in [1.807, 2.05) is 26.8 Å². The van der Waals surface area contributed by atoms with E-state index in [0.717, 1.165) is 5.56 Å². The SMILES string of the molecule is CC(C)(C)c1cccc(OS(=O)(=O)F)c1. The maximum atomic E-state index is 12.3. The molecule has 0 aromatic heterocycles. The lowest BCUT2D eigenvalue weighted by molar-refractivity contribution is 0.439. The van der Waals surface area contributed by atoms with Gasteiger partial charge in [0.25, 0.3) is 0 Å². The monoisotopic (exact) mass is 232 g/mol. The first-order chi connectivity index (χ1) is 6.68. The summed E-state index contributed by atoms with van der Waals surface area (Å²) < 4.78 is 36.9. The molecule has 15 heavy (non-hydrogen) atoms. The van der Waals surface area contributed by atoms with Gasteiger partial charge < -0.3 is 4.18 Å². The second-order valence-electron chi connectivity index (χ2n) is 4.25. The van der Waals surface area contributed by atoms with Gasteiger partial charge in [-0.2, -0.15) is 8.42 Å². The highest BCUT2D eigenvalue weighted by Gasteiger charge is 2.16. The average Bonchev–Trinajstić information content (AvgIpc) is 1.99. The van der Waals surface area contributed by atoms with E-state index in [9.17, 15) is 12.3 Å². The minimum absolute atomic E-state index is 0.00933. The zero-order valence-corrected chi connectivity index (χ0v) is 9.64. The quantitative estimate of drug-likeness (QED) is 0.736. The van der Waals surface area contributed by atoms with Crippen molar-refractivity contribution in [2.75, 3.05) is 0 Å². The smallest absolute Gasteiger partial charge is 0.358 e. The summed E-state index contributed by atoms with van der Waals surface area (Å²) in [4.78, 5) is 0. The van der Waals surface area contributed by atoms with E-state index in [-0.39, 0.29) is 11.2 Å². The van der Waals surface area contributed by atoms with Crippen molar-refractivity contribution >= 4 is 10.5 Å². The van der Waals surface area contributed by atoms with Gasteiger partial charge in [0, 0.05) is 0 Å². The maximum absolute atomic E-state index is 12.3. The summed E-state index contributed by atoms with van der Waals surface area (Å²) in [5.74, 6) is -0.00933. The van der Waals surface area contributed by atoms with Gasteiger partial charge in [-0.15, -0.1) is 0 Å². The molecule has 0 aliphatic rings. The molecule has 1 aromatic carbocycles. The Bertz CT molecular complexity index is 446. The number of hydrogen-bond acceptors (Lipinski definition) is 3. The van der Waals surface area contributed by atoms with Crippen LogP contribution >= 0.6 is 0 Å². The Hall–Kier alpha value is -1.10. The lowest BCUT2D eigenvalue weighted by atomic mass is 9.87. The molecule has 0 bridgehead atoms. The molecular formula is C10H13FO3S. The fourth-order valence-corrected chi connectivity index (χ4v) is 1.46. The largest absolute Gasteiger partial charge is 0.488 e. The van der Waals surface area contributed by atoms with Crippen molar-refractivity contribution in [1.29, 1.82) is 0 Å². The Morgan fingerprint density at radius 2 is 1.87 bits per heavy atom. The van der Waals surface area contributed by atoms with E-state index >= 15 is 0 Å². The number of benzene rings is 1. The van der Waals surface area contributed by atoms with Gasteiger partial charge in [-0.25, -0.2) is 0 Å². The summed E-state index contributed by atoms with van der Waals surface area (Å²) in [6.07, 6.45) is 0. The molecule has 3 nitrogen and oxygen atoms in total. The van der Waals surface area contributed by atoms with Crippen LogP contribution in [0.2, 0.25) is 0 Å². The third-order valence-electron chi connectivity index (χ3n) is 1.90. The van der Waals surface area contributed by atoms with Crippen molar-refractivity contribution < 1.29 is 16.5 Å². The van der Waals surface area contributed by atoms with Crippen LogP contribution in [-0.2, 0) is 15.9 Å². The van der Waals surface area contributed by atoms with Gasteiger partial charge in [-0.3, -0.25) is 0 Å². The minimum atomic E-state index is -4.94. The van der Waals surface area contributed by atoms with Crippen molar-refractivity contribution in [3.8, 4) is 5.75 Å². The molecule has 0 aliphatic heterocycles. The van der Waals surface area contributed by atoms with E-state index in [4.69, 9.17) is 0 Å². The zero-order chi connectivity index (χ0) is 11.7. The van der Waals surface area contributed by atoms with Gasteiger partial charge >= 0.3 is 10.5 Å². The van der Waals surface area contributed by atoms with Crippen LogP contribution in [0.5, 0.6) is 5.75 Å². The molecule has 0 fully saturated rings. The first-order valence-corrected chi connectivity index (χ1v) is 5.74. The van der Waals surface area contributed by atoms with Crippen molar-refractivity contribution in [3.63, 3.8) is 0 Å². The van der Waals surface area contributed by atoms with Crippen LogP contribution in [0, 0.1) is 0 Å². The van der Waals surface area contributed by atoms with Crippen LogP contribution in [-0.4, -0.2) is 8.42 Å². The van der Waals surface area contributed by atoms with Gasteiger partial charge in [0.05, 0.1) is 0 Å². The summed E-state index contributed by atoms with van der Waals surface area (Å²) in [6, 6.07) is 6.36. The Morgan fingerprint density at radius 3 is 2.33 bits per heavy atom. The third-order valence-corrected chi connectivity index (χ3v) is 2.29. The van der Waals surface area contributed by atoms with E-state index in [0.29, 0.717) is 0 Å². The molecule has 0 atom stereocenters. The summed E-state index contributed by atoms with van der Waals surface area (Å²) in [5.41, 5.74) is 0.739. The molecule has 0 saturated heterocycles. The first kappa shape index (κ1) is 12.0. The highest BCUT2D eigenvalue weighted by Crippen LogP contribution is 2.26. The predicted molar refractivity (Wildman–Crippen MR) is 55.8 cm³/mol. The lowest BCUT2D eigenvalue weighted by Gasteiger charge is -2.19. The number of rotatable bonds is 2. The van der Waals surface area contributed by atoms with Crippen LogP contribution in [0.1, 0.15) is 26.3 Å². The summed E-state index contributed by atoms with van der Waals surface area (Å²) in [6.45, 7) is 5.90. The molecule has 0 aliphatic carbocycles. The normalized spacial score (nSPS) is 12.5. The number of hydrogen-bond donors (Lipinski definition) is 0. The average molecular weight is 232 g/mol. The van der Waals surface area contributed by atoms with Crippen molar-refractivity contribution in [2.24, 2.45) is 0 Å². The summed E-state index contributed by atoms with van der Waals surface area (Å²) >= 11 is 0. The second-order valence-corrected chi connectivity index (χ2v) is 5.21. The lowest BCUT2D eigenvalue weighted by Crippen LogP contribution is -2.11. The van der Waals surface area contributed by atoms with Gasteiger partial charge in [0.2, 0.25) is 0 Å². The molecule has 0 N–H and O–H groups in total. The van der Waals surface area contributed by atoms with Crippen LogP contribution in [0.3, 0.4) is 0 Å². The Labute approximate surface area is 89.3 Å². The van der Waals surface area contributed by atoms with Gasteiger partial charge in [-0.05, 0) is 23.1 Å². The van der Waals surface area contributed by atoms with Crippen molar-refractivity contribution in [3.05, 3.63) is 29.8 Å². The molecule has 0 heterocycles. The van der Waals surface area contributed by atoms with Crippen LogP contribution < -0.4 is 4.18 Å². The zero-order valence-electron chi connectivity index (χ0n) is 8.82. The molecular weight excluding hydrogens is 219 g/mol. The predicted octanol–water partition coefficient (Wildman–Crippen LogP) is 2.58. The molecule has 1 rings (SSSR count). The van der Waals surface area contributed by atoms with Gasteiger partial charge in [-0.1, -0.05) is 36.8 Å². The fraction of sp³-hybridized carbons (Fsp3) is 0.400. The summed E-state index contributed by atoms with van der Waals surface area (Å²) in [5, 5.41) is 0.